The highest BCUT2D eigenvalue weighted by Crippen LogP contribution is 2.29. The number of ketones is 2. The summed E-state index contributed by atoms with van der Waals surface area (Å²) in [5, 5.41) is 9.72. The molecule has 2 rings (SSSR count). The largest absolute Gasteiger partial charge is 0.493 e. The first-order valence-electron chi connectivity index (χ1n) is 7.98. The Labute approximate surface area is 146 Å². The molecule has 0 amide bonds. The number of carboxylic acid groups (broad SMARTS) is 1. The molecule has 1 N–H and O–H groups in total. The van der Waals surface area contributed by atoms with E-state index in [4.69, 9.17) is 16.3 Å². The van der Waals surface area contributed by atoms with E-state index in [1.54, 1.807) is 12.1 Å². The summed E-state index contributed by atoms with van der Waals surface area (Å²) in [6.45, 7) is 4.27. The van der Waals surface area contributed by atoms with Crippen molar-refractivity contribution < 1.29 is 24.2 Å². The number of ether oxygens (including phenoxy) is 1. The van der Waals surface area contributed by atoms with Gasteiger partial charge in [0.05, 0.1) is 18.1 Å². The minimum absolute atomic E-state index is 0.0383. The Hall–Kier alpha value is -1.88. The number of benzene rings is 1. The standard InChI is InChI=1S/C18H21ClO5/c1-10(2)12-6-14(20)5-11(18(22)23)7-16(21)15-8-13(19)3-4-17(15)24-9-12/h3-4,8,10-12H,5-7,9H2,1-2H3,(H,22,23)/t11-,12-/m1/s1. The van der Waals surface area contributed by atoms with Crippen LogP contribution in [0.1, 0.15) is 43.5 Å². The maximum absolute atomic E-state index is 12.5. The molecule has 6 heteroatoms. The number of rotatable bonds is 2. The zero-order chi connectivity index (χ0) is 17.9. The molecular weight excluding hydrogens is 332 g/mol. The van der Waals surface area contributed by atoms with Gasteiger partial charge in [-0.05, 0) is 24.1 Å². The molecule has 0 saturated carbocycles. The van der Waals surface area contributed by atoms with E-state index in [1.165, 1.54) is 6.07 Å². The van der Waals surface area contributed by atoms with Crippen LogP contribution >= 0.6 is 11.6 Å². The molecule has 0 spiro atoms. The van der Waals surface area contributed by atoms with Crippen molar-refractivity contribution in [2.24, 2.45) is 17.8 Å². The number of carbonyl (C=O) groups excluding carboxylic acids is 2. The summed E-state index contributed by atoms with van der Waals surface area (Å²) >= 11 is 5.96. The molecule has 0 unspecified atom stereocenters. The molecule has 1 aromatic carbocycles. The highest BCUT2D eigenvalue weighted by Gasteiger charge is 2.29. The lowest BCUT2D eigenvalue weighted by molar-refractivity contribution is -0.143. The van der Waals surface area contributed by atoms with E-state index >= 15 is 0 Å². The average molecular weight is 353 g/mol. The Morgan fingerprint density at radius 2 is 1.96 bits per heavy atom. The third kappa shape index (κ3) is 4.57. The normalized spacial score (nSPS) is 22.5. The lowest BCUT2D eigenvalue weighted by atomic mass is 9.87. The average Bonchev–Trinajstić information content (AvgIpc) is 2.52. The maximum atomic E-state index is 12.5. The molecule has 2 atom stereocenters. The van der Waals surface area contributed by atoms with E-state index in [0.29, 0.717) is 17.4 Å². The van der Waals surface area contributed by atoms with Crippen molar-refractivity contribution in [3.8, 4) is 5.75 Å². The topological polar surface area (TPSA) is 80.7 Å². The van der Waals surface area contributed by atoms with Gasteiger partial charge >= 0.3 is 5.97 Å². The molecule has 0 saturated heterocycles. The number of aliphatic carboxylic acids is 1. The Bertz CT molecular complexity index is 653. The van der Waals surface area contributed by atoms with Crippen molar-refractivity contribution in [3.05, 3.63) is 28.8 Å². The monoisotopic (exact) mass is 352 g/mol. The molecule has 0 fully saturated rings. The van der Waals surface area contributed by atoms with Gasteiger partial charge in [0.25, 0.3) is 0 Å². The fraction of sp³-hybridized carbons (Fsp3) is 0.500. The minimum Gasteiger partial charge on any atom is -0.493 e. The first-order chi connectivity index (χ1) is 11.3. The fourth-order valence-electron chi connectivity index (χ4n) is 2.76. The van der Waals surface area contributed by atoms with E-state index in [1.807, 2.05) is 13.8 Å². The summed E-state index contributed by atoms with van der Waals surface area (Å²) in [5.74, 6) is -2.15. The van der Waals surface area contributed by atoms with Crippen molar-refractivity contribution in [1.29, 1.82) is 0 Å². The van der Waals surface area contributed by atoms with E-state index in [-0.39, 0.29) is 48.2 Å². The van der Waals surface area contributed by atoms with Crippen LogP contribution in [0.2, 0.25) is 5.02 Å². The van der Waals surface area contributed by atoms with Crippen molar-refractivity contribution in [2.75, 3.05) is 6.61 Å². The lowest BCUT2D eigenvalue weighted by Crippen LogP contribution is -2.24. The molecule has 1 aliphatic rings. The number of carbonyl (C=O) groups is 3. The Morgan fingerprint density at radius 1 is 1.25 bits per heavy atom. The van der Waals surface area contributed by atoms with Crippen LogP contribution in [0.5, 0.6) is 5.75 Å². The van der Waals surface area contributed by atoms with Crippen LogP contribution in [0.4, 0.5) is 0 Å². The van der Waals surface area contributed by atoms with Gasteiger partial charge in [0.2, 0.25) is 0 Å². The molecule has 0 bridgehead atoms. The van der Waals surface area contributed by atoms with E-state index < -0.39 is 11.9 Å². The van der Waals surface area contributed by atoms with Gasteiger partial charge in [0.1, 0.15) is 11.5 Å². The zero-order valence-electron chi connectivity index (χ0n) is 13.8. The second-order valence-corrected chi connectivity index (χ2v) is 7.00. The second kappa shape index (κ2) is 7.79. The molecular formula is C18H21ClO5. The number of fused-ring (bicyclic) bond motifs is 1. The molecule has 130 valence electrons. The number of hydrogen-bond acceptors (Lipinski definition) is 4. The quantitative estimate of drug-likeness (QED) is 0.879. The van der Waals surface area contributed by atoms with E-state index in [0.717, 1.165) is 0 Å². The van der Waals surface area contributed by atoms with Crippen LogP contribution < -0.4 is 4.74 Å². The van der Waals surface area contributed by atoms with Gasteiger partial charge in [-0.3, -0.25) is 14.4 Å². The highest BCUT2D eigenvalue weighted by molar-refractivity contribution is 6.31. The first-order valence-corrected chi connectivity index (χ1v) is 8.35. The maximum Gasteiger partial charge on any atom is 0.307 e. The Morgan fingerprint density at radius 3 is 2.58 bits per heavy atom. The predicted octanol–water partition coefficient (Wildman–Crippen LogP) is 3.63. The van der Waals surface area contributed by atoms with Gasteiger partial charge in [-0.1, -0.05) is 25.4 Å². The van der Waals surface area contributed by atoms with Gasteiger partial charge in [-0.2, -0.15) is 0 Å². The molecule has 5 nitrogen and oxygen atoms in total. The second-order valence-electron chi connectivity index (χ2n) is 6.56. The smallest absolute Gasteiger partial charge is 0.307 e. The van der Waals surface area contributed by atoms with Crippen molar-refractivity contribution in [1.82, 2.24) is 0 Å². The van der Waals surface area contributed by atoms with Crippen LogP contribution in [0, 0.1) is 17.8 Å². The number of hydrogen-bond donors (Lipinski definition) is 1. The summed E-state index contributed by atoms with van der Waals surface area (Å²) in [7, 11) is 0. The van der Waals surface area contributed by atoms with Gasteiger partial charge < -0.3 is 9.84 Å². The van der Waals surface area contributed by atoms with Crippen LogP contribution in [0.15, 0.2) is 18.2 Å². The van der Waals surface area contributed by atoms with E-state index in [2.05, 4.69) is 0 Å². The zero-order valence-corrected chi connectivity index (χ0v) is 14.5. The molecule has 0 aromatic heterocycles. The number of Topliss-reactive ketones (excluding diaryl/α,β-unsaturated/α-hetero) is 2. The minimum atomic E-state index is -1.14. The van der Waals surface area contributed by atoms with Gasteiger partial charge in [0, 0.05) is 30.2 Å². The Kier molecular flexibility index (Phi) is 5.99. The number of halogens is 1. The Balaban J connectivity index is 2.41. The van der Waals surface area contributed by atoms with Crippen LogP contribution in [-0.2, 0) is 9.59 Å². The summed E-state index contributed by atoms with van der Waals surface area (Å²) in [4.78, 5) is 36.2. The summed E-state index contributed by atoms with van der Waals surface area (Å²) in [6, 6.07) is 4.72. The molecule has 0 radical (unpaired) electrons. The molecule has 1 aromatic rings. The summed E-state index contributed by atoms with van der Waals surface area (Å²) < 4.78 is 5.78. The first kappa shape index (κ1) is 18.5. The van der Waals surface area contributed by atoms with Gasteiger partial charge in [-0.15, -0.1) is 0 Å². The molecule has 24 heavy (non-hydrogen) atoms. The highest BCUT2D eigenvalue weighted by atomic mass is 35.5. The molecule has 0 aliphatic carbocycles. The van der Waals surface area contributed by atoms with Crippen molar-refractivity contribution in [3.63, 3.8) is 0 Å². The van der Waals surface area contributed by atoms with Crippen LogP contribution in [0.25, 0.3) is 0 Å². The molecule has 1 heterocycles. The van der Waals surface area contributed by atoms with Crippen LogP contribution in [-0.4, -0.2) is 29.2 Å². The van der Waals surface area contributed by atoms with E-state index in [9.17, 15) is 19.5 Å². The number of carboxylic acids is 1. The van der Waals surface area contributed by atoms with Gasteiger partial charge in [0.15, 0.2) is 5.78 Å². The third-order valence-electron chi connectivity index (χ3n) is 4.38. The molecule has 1 aliphatic heterocycles. The van der Waals surface area contributed by atoms with Gasteiger partial charge in [-0.25, -0.2) is 0 Å². The third-order valence-corrected chi connectivity index (χ3v) is 4.62. The SMILES string of the molecule is CC(C)[C@H]1COc2ccc(Cl)cc2C(=O)C[C@H](C(=O)O)CC(=O)C1. The predicted molar refractivity (Wildman–Crippen MR) is 89.6 cm³/mol. The van der Waals surface area contributed by atoms with Crippen molar-refractivity contribution in [2.45, 2.75) is 33.1 Å². The fourth-order valence-corrected chi connectivity index (χ4v) is 2.93. The summed E-state index contributed by atoms with van der Waals surface area (Å²) in [6.07, 6.45) is -0.136. The van der Waals surface area contributed by atoms with Crippen LogP contribution in [0.3, 0.4) is 0 Å². The van der Waals surface area contributed by atoms with Crippen molar-refractivity contribution >= 4 is 29.1 Å². The summed E-state index contributed by atoms with van der Waals surface area (Å²) in [5.41, 5.74) is 0.269. The lowest BCUT2D eigenvalue weighted by Gasteiger charge is -2.21.